The van der Waals surface area contributed by atoms with E-state index in [-0.39, 0.29) is 17.2 Å². The predicted molar refractivity (Wildman–Crippen MR) is 79.3 cm³/mol. The fourth-order valence-corrected chi connectivity index (χ4v) is 2.83. The fraction of sp³-hybridized carbons (Fsp3) is 0.200. The van der Waals surface area contributed by atoms with Crippen molar-refractivity contribution in [1.29, 1.82) is 0 Å². The lowest BCUT2D eigenvalue weighted by atomic mass is 10.0. The van der Waals surface area contributed by atoms with E-state index in [9.17, 15) is 4.39 Å². The molecular formula is C15H12Cl2FNO. The number of fused-ring (bicyclic) bond motifs is 1. The fourth-order valence-electron chi connectivity index (χ4n) is 2.38. The molecule has 0 aliphatic carbocycles. The van der Waals surface area contributed by atoms with Gasteiger partial charge in [-0.3, -0.25) is 0 Å². The normalized spacial score (nSPS) is 20.8. The molecule has 104 valence electrons. The summed E-state index contributed by atoms with van der Waals surface area (Å²) in [4.78, 5) is 0. The van der Waals surface area contributed by atoms with Crippen molar-refractivity contribution in [2.75, 3.05) is 5.32 Å². The summed E-state index contributed by atoms with van der Waals surface area (Å²) in [5.41, 5.74) is 1.52. The summed E-state index contributed by atoms with van der Waals surface area (Å²) < 4.78 is 19.3. The Balaban J connectivity index is 2.00. The Morgan fingerprint density at radius 1 is 1.20 bits per heavy atom. The maximum Gasteiger partial charge on any atom is 0.162 e. The minimum absolute atomic E-state index is 0.0289. The highest BCUT2D eigenvalue weighted by atomic mass is 35.5. The van der Waals surface area contributed by atoms with E-state index in [0.29, 0.717) is 16.5 Å². The first-order valence-electron chi connectivity index (χ1n) is 6.22. The third kappa shape index (κ3) is 2.43. The molecule has 2 aromatic carbocycles. The molecule has 1 aliphatic heterocycles. The molecule has 20 heavy (non-hydrogen) atoms. The molecule has 1 heterocycles. The summed E-state index contributed by atoms with van der Waals surface area (Å²) in [6, 6.07) is 10.1. The van der Waals surface area contributed by atoms with Crippen LogP contribution < -0.4 is 10.1 Å². The second kappa shape index (κ2) is 5.15. The van der Waals surface area contributed by atoms with Gasteiger partial charge in [0.15, 0.2) is 5.75 Å². The van der Waals surface area contributed by atoms with Gasteiger partial charge in [0.25, 0.3) is 0 Å². The molecule has 2 unspecified atom stereocenters. The van der Waals surface area contributed by atoms with E-state index >= 15 is 0 Å². The molecule has 2 nitrogen and oxygen atoms in total. The van der Waals surface area contributed by atoms with Gasteiger partial charge >= 0.3 is 0 Å². The van der Waals surface area contributed by atoms with E-state index in [0.717, 1.165) is 5.56 Å². The Morgan fingerprint density at radius 3 is 2.75 bits per heavy atom. The van der Waals surface area contributed by atoms with E-state index in [2.05, 4.69) is 5.32 Å². The number of halogens is 3. The van der Waals surface area contributed by atoms with Crippen LogP contribution in [0.1, 0.15) is 18.6 Å². The van der Waals surface area contributed by atoms with E-state index in [1.807, 2.05) is 31.2 Å². The van der Waals surface area contributed by atoms with Gasteiger partial charge in [-0.2, -0.15) is 0 Å². The standard InChI is InChI=1S/C15H12Cl2FNO/c1-8-14(9-3-2-4-10(16)5-9)20-15-12(17)6-11(18)7-13(15)19-8/h2-8,14,19H,1H3. The molecule has 0 fully saturated rings. The molecule has 0 spiro atoms. The van der Waals surface area contributed by atoms with Crippen LogP contribution in [0.2, 0.25) is 10.0 Å². The molecule has 0 saturated heterocycles. The highest BCUT2D eigenvalue weighted by molar-refractivity contribution is 6.32. The number of rotatable bonds is 1. The van der Waals surface area contributed by atoms with Crippen LogP contribution in [0, 0.1) is 5.82 Å². The van der Waals surface area contributed by atoms with Gasteiger partial charge in [-0.25, -0.2) is 4.39 Å². The highest BCUT2D eigenvalue weighted by Gasteiger charge is 2.29. The molecule has 0 radical (unpaired) electrons. The minimum Gasteiger partial charge on any atom is -0.480 e. The van der Waals surface area contributed by atoms with E-state index < -0.39 is 5.82 Å². The largest absolute Gasteiger partial charge is 0.480 e. The van der Waals surface area contributed by atoms with Crippen molar-refractivity contribution in [1.82, 2.24) is 0 Å². The highest BCUT2D eigenvalue weighted by Crippen LogP contribution is 2.42. The SMILES string of the molecule is CC1Nc2cc(F)cc(Cl)c2OC1c1cccc(Cl)c1. The predicted octanol–water partition coefficient (Wildman–Crippen LogP) is 5.07. The number of hydrogen-bond donors (Lipinski definition) is 1. The molecule has 1 N–H and O–H groups in total. The molecule has 1 aliphatic rings. The van der Waals surface area contributed by atoms with Crippen LogP contribution in [0.15, 0.2) is 36.4 Å². The molecular weight excluding hydrogens is 300 g/mol. The lowest BCUT2D eigenvalue weighted by Crippen LogP contribution is -2.32. The Morgan fingerprint density at radius 2 is 2.00 bits per heavy atom. The van der Waals surface area contributed by atoms with Gasteiger partial charge < -0.3 is 10.1 Å². The molecule has 0 saturated carbocycles. The Bertz CT molecular complexity index is 662. The van der Waals surface area contributed by atoms with Gasteiger partial charge in [0.2, 0.25) is 0 Å². The van der Waals surface area contributed by atoms with Gasteiger partial charge in [0.1, 0.15) is 11.9 Å². The third-order valence-electron chi connectivity index (χ3n) is 3.27. The van der Waals surface area contributed by atoms with Gasteiger partial charge in [0, 0.05) is 11.1 Å². The van der Waals surface area contributed by atoms with Crippen molar-refractivity contribution in [3.8, 4) is 5.75 Å². The second-order valence-electron chi connectivity index (χ2n) is 4.79. The zero-order valence-corrected chi connectivity index (χ0v) is 12.2. The van der Waals surface area contributed by atoms with Gasteiger partial charge in [-0.15, -0.1) is 0 Å². The molecule has 0 amide bonds. The molecule has 0 bridgehead atoms. The van der Waals surface area contributed by atoms with Crippen LogP contribution in [-0.2, 0) is 0 Å². The average Bonchev–Trinajstić information content (AvgIpc) is 2.37. The van der Waals surface area contributed by atoms with E-state index in [1.54, 1.807) is 0 Å². The lowest BCUT2D eigenvalue weighted by molar-refractivity contribution is 0.177. The number of benzene rings is 2. The van der Waals surface area contributed by atoms with E-state index in [1.165, 1.54) is 12.1 Å². The molecule has 2 aromatic rings. The number of hydrogen-bond acceptors (Lipinski definition) is 2. The summed E-state index contributed by atoms with van der Waals surface area (Å²) in [6.45, 7) is 1.97. The van der Waals surface area contributed by atoms with Crippen LogP contribution in [0.25, 0.3) is 0 Å². The van der Waals surface area contributed by atoms with Crippen molar-refractivity contribution in [2.24, 2.45) is 0 Å². The zero-order valence-electron chi connectivity index (χ0n) is 10.7. The van der Waals surface area contributed by atoms with Crippen LogP contribution in [0.5, 0.6) is 5.75 Å². The number of ether oxygens (including phenoxy) is 1. The zero-order chi connectivity index (χ0) is 14.3. The summed E-state index contributed by atoms with van der Waals surface area (Å²) in [7, 11) is 0. The smallest absolute Gasteiger partial charge is 0.162 e. The molecule has 0 aromatic heterocycles. The van der Waals surface area contributed by atoms with Crippen LogP contribution in [0.4, 0.5) is 10.1 Å². The Hall–Kier alpha value is -1.45. The van der Waals surface area contributed by atoms with Crippen molar-refractivity contribution in [2.45, 2.75) is 19.1 Å². The third-order valence-corrected chi connectivity index (χ3v) is 3.78. The summed E-state index contributed by atoms with van der Waals surface area (Å²) >= 11 is 12.1. The lowest BCUT2D eigenvalue weighted by Gasteiger charge is -2.34. The van der Waals surface area contributed by atoms with Crippen LogP contribution in [0.3, 0.4) is 0 Å². The van der Waals surface area contributed by atoms with Crippen LogP contribution in [-0.4, -0.2) is 6.04 Å². The van der Waals surface area contributed by atoms with Crippen molar-refractivity contribution >= 4 is 28.9 Å². The first-order chi connectivity index (χ1) is 9.54. The first kappa shape index (κ1) is 13.5. The van der Waals surface area contributed by atoms with Gasteiger partial charge in [-0.1, -0.05) is 35.3 Å². The summed E-state index contributed by atoms with van der Waals surface area (Å²) in [5.74, 6) is 0.0781. The van der Waals surface area contributed by atoms with E-state index in [4.69, 9.17) is 27.9 Å². The second-order valence-corrected chi connectivity index (χ2v) is 5.63. The monoisotopic (exact) mass is 311 g/mol. The van der Waals surface area contributed by atoms with Crippen molar-refractivity contribution in [3.63, 3.8) is 0 Å². The van der Waals surface area contributed by atoms with Crippen LogP contribution >= 0.6 is 23.2 Å². The van der Waals surface area contributed by atoms with Crippen molar-refractivity contribution in [3.05, 3.63) is 57.8 Å². The maximum atomic E-state index is 13.4. The molecule has 5 heteroatoms. The Kier molecular flexibility index (Phi) is 3.48. The van der Waals surface area contributed by atoms with Gasteiger partial charge in [0.05, 0.1) is 16.8 Å². The minimum atomic E-state index is -0.391. The number of nitrogens with one attached hydrogen (secondary N) is 1. The topological polar surface area (TPSA) is 21.3 Å². The molecule has 2 atom stereocenters. The quantitative estimate of drug-likeness (QED) is 0.794. The summed E-state index contributed by atoms with van der Waals surface area (Å²) in [6.07, 6.45) is -0.232. The molecule has 3 rings (SSSR count). The van der Waals surface area contributed by atoms with Crippen molar-refractivity contribution < 1.29 is 9.13 Å². The first-order valence-corrected chi connectivity index (χ1v) is 6.98. The number of anilines is 1. The average molecular weight is 312 g/mol. The Labute approximate surface area is 126 Å². The summed E-state index contributed by atoms with van der Waals surface area (Å²) in [5, 5.41) is 4.12. The van der Waals surface area contributed by atoms with Gasteiger partial charge in [-0.05, 0) is 30.7 Å². The maximum absolute atomic E-state index is 13.4.